The molecular formula is C12H11N3O2. The SMILES string of the molecule is CC(=O)c1cccc2nc(N)nc(C(C)=O)c12. The minimum atomic E-state index is -0.238. The molecule has 86 valence electrons. The molecule has 0 aliphatic carbocycles. The van der Waals surface area contributed by atoms with Gasteiger partial charge in [0.1, 0.15) is 5.69 Å². The summed E-state index contributed by atoms with van der Waals surface area (Å²) in [4.78, 5) is 31.0. The van der Waals surface area contributed by atoms with E-state index < -0.39 is 0 Å². The molecule has 1 heterocycles. The number of fused-ring (bicyclic) bond motifs is 1. The maximum atomic E-state index is 11.5. The van der Waals surface area contributed by atoms with Gasteiger partial charge in [-0.05, 0) is 13.0 Å². The topological polar surface area (TPSA) is 85.9 Å². The first-order valence-corrected chi connectivity index (χ1v) is 5.09. The van der Waals surface area contributed by atoms with E-state index in [-0.39, 0.29) is 23.2 Å². The maximum Gasteiger partial charge on any atom is 0.221 e. The largest absolute Gasteiger partial charge is 0.368 e. The van der Waals surface area contributed by atoms with Crippen molar-refractivity contribution in [2.24, 2.45) is 0 Å². The normalized spacial score (nSPS) is 10.5. The van der Waals surface area contributed by atoms with Crippen LogP contribution in [-0.2, 0) is 0 Å². The Morgan fingerprint density at radius 3 is 2.41 bits per heavy atom. The lowest BCUT2D eigenvalue weighted by Crippen LogP contribution is -2.07. The molecule has 0 saturated carbocycles. The van der Waals surface area contributed by atoms with Gasteiger partial charge in [0.25, 0.3) is 0 Å². The average Bonchev–Trinajstić information content (AvgIpc) is 2.26. The standard InChI is InChI=1S/C12H11N3O2/c1-6(16)8-4-3-5-9-10(8)11(7(2)17)15-12(13)14-9/h3-5H,1-2H3,(H2,13,14,15). The number of hydrogen-bond donors (Lipinski definition) is 1. The first-order chi connectivity index (χ1) is 8.00. The molecule has 5 nitrogen and oxygen atoms in total. The molecule has 0 bridgehead atoms. The first-order valence-electron chi connectivity index (χ1n) is 5.09. The van der Waals surface area contributed by atoms with E-state index in [1.807, 2.05) is 0 Å². The van der Waals surface area contributed by atoms with E-state index in [9.17, 15) is 9.59 Å². The minimum absolute atomic E-state index is 0.0309. The maximum absolute atomic E-state index is 11.5. The molecule has 17 heavy (non-hydrogen) atoms. The zero-order valence-corrected chi connectivity index (χ0v) is 9.52. The summed E-state index contributed by atoms with van der Waals surface area (Å²) in [5.74, 6) is -0.340. The predicted octanol–water partition coefficient (Wildman–Crippen LogP) is 1.62. The van der Waals surface area contributed by atoms with Crippen LogP contribution in [0.25, 0.3) is 10.9 Å². The zero-order chi connectivity index (χ0) is 12.6. The fraction of sp³-hybridized carbons (Fsp3) is 0.167. The highest BCUT2D eigenvalue weighted by atomic mass is 16.1. The number of nitrogen functional groups attached to an aromatic ring is 1. The summed E-state index contributed by atoms with van der Waals surface area (Å²) < 4.78 is 0. The Morgan fingerprint density at radius 1 is 1.12 bits per heavy atom. The van der Waals surface area contributed by atoms with E-state index >= 15 is 0 Å². The quantitative estimate of drug-likeness (QED) is 0.791. The van der Waals surface area contributed by atoms with Crippen LogP contribution in [0.2, 0.25) is 0 Å². The van der Waals surface area contributed by atoms with Gasteiger partial charge in [0.2, 0.25) is 5.95 Å². The van der Waals surface area contributed by atoms with Crippen molar-refractivity contribution < 1.29 is 9.59 Å². The number of carbonyl (C=O) groups excluding carboxylic acids is 2. The number of nitrogens with zero attached hydrogens (tertiary/aromatic N) is 2. The van der Waals surface area contributed by atoms with Gasteiger partial charge in [0, 0.05) is 17.9 Å². The zero-order valence-electron chi connectivity index (χ0n) is 9.52. The summed E-state index contributed by atoms with van der Waals surface area (Å²) in [5, 5.41) is 0.474. The summed E-state index contributed by atoms with van der Waals surface area (Å²) in [6, 6.07) is 5.05. The van der Waals surface area contributed by atoms with Crippen molar-refractivity contribution in [3.05, 3.63) is 29.5 Å². The summed E-state index contributed by atoms with van der Waals surface area (Å²) in [6.45, 7) is 2.83. The summed E-state index contributed by atoms with van der Waals surface area (Å²) in [7, 11) is 0. The third-order valence-electron chi connectivity index (χ3n) is 2.45. The summed E-state index contributed by atoms with van der Waals surface area (Å²) in [5.41, 5.74) is 6.67. The molecule has 2 rings (SSSR count). The number of rotatable bonds is 2. The van der Waals surface area contributed by atoms with Crippen LogP contribution in [0.5, 0.6) is 0 Å². The van der Waals surface area contributed by atoms with Gasteiger partial charge in [-0.15, -0.1) is 0 Å². The summed E-state index contributed by atoms with van der Waals surface area (Å²) >= 11 is 0. The molecule has 0 aliphatic rings. The van der Waals surface area contributed by atoms with E-state index in [4.69, 9.17) is 5.73 Å². The van der Waals surface area contributed by atoms with E-state index in [2.05, 4.69) is 9.97 Å². The van der Waals surface area contributed by atoms with Gasteiger partial charge in [-0.2, -0.15) is 0 Å². The van der Waals surface area contributed by atoms with Gasteiger partial charge in [0.05, 0.1) is 5.52 Å². The van der Waals surface area contributed by atoms with Crippen LogP contribution in [0, 0.1) is 0 Å². The molecule has 1 aromatic heterocycles. The van der Waals surface area contributed by atoms with Gasteiger partial charge in [-0.3, -0.25) is 9.59 Å². The second-order valence-corrected chi connectivity index (χ2v) is 3.74. The van der Waals surface area contributed by atoms with Gasteiger partial charge >= 0.3 is 0 Å². The summed E-state index contributed by atoms with van der Waals surface area (Å²) in [6.07, 6.45) is 0. The smallest absolute Gasteiger partial charge is 0.221 e. The molecule has 2 aromatic rings. The monoisotopic (exact) mass is 229 g/mol. The van der Waals surface area contributed by atoms with Crippen LogP contribution < -0.4 is 5.73 Å². The van der Waals surface area contributed by atoms with E-state index in [0.717, 1.165) is 0 Å². The number of nitrogens with two attached hydrogens (primary N) is 1. The Morgan fingerprint density at radius 2 is 1.82 bits per heavy atom. The highest BCUT2D eigenvalue weighted by molar-refractivity contribution is 6.14. The second kappa shape index (κ2) is 3.93. The number of carbonyl (C=O) groups is 2. The molecule has 0 radical (unpaired) electrons. The van der Waals surface area contributed by atoms with Crippen LogP contribution in [0.1, 0.15) is 34.7 Å². The van der Waals surface area contributed by atoms with Crippen molar-refractivity contribution in [3.63, 3.8) is 0 Å². The molecular weight excluding hydrogens is 218 g/mol. The molecule has 2 N–H and O–H groups in total. The highest BCUT2D eigenvalue weighted by Gasteiger charge is 2.15. The Hall–Kier alpha value is -2.30. The van der Waals surface area contributed by atoms with Crippen molar-refractivity contribution in [2.45, 2.75) is 13.8 Å². The molecule has 0 amide bonds. The number of hydrogen-bond acceptors (Lipinski definition) is 5. The highest BCUT2D eigenvalue weighted by Crippen LogP contribution is 2.22. The average molecular weight is 229 g/mol. The molecule has 0 saturated heterocycles. The van der Waals surface area contributed by atoms with Gasteiger partial charge < -0.3 is 5.73 Å². The molecule has 0 fully saturated rings. The van der Waals surface area contributed by atoms with Crippen LogP contribution in [0.15, 0.2) is 18.2 Å². The van der Waals surface area contributed by atoms with E-state index in [1.54, 1.807) is 18.2 Å². The molecule has 0 atom stereocenters. The van der Waals surface area contributed by atoms with Crippen molar-refractivity contribution in [1.29, 1.82) is 0 Å². The molecule has 0 spiro atoms. The number of aromatic nitrogens is 2. The van der Waals surface area contributed by atoms with Crippen LogP contribution in [0.3, 0.4) is 0 Å². The van der Waals surface area contributed by atoms with Crippen molar-refractivity contribution >= 4 is 28.4 Å². The minimum Gasteiger partial charge on any atom is -0.368 e. The Bertz CT molecular complexity index is 635. The Labute approximate surface area is 97.7 Å². The predicted molar refractivity (Wildman–Crippen MR) is 64.0 cm³/mol. The fourth-order valence-electron chi connectivity index (χ4n) is 1.75. The molecule has 0 unspecified atom stereocenters. The molecule has 1 aromatic carbocycles. The van der Waals surface area contributed by atoms with E-state index in [1.165, 1.54) is 13.8 Å². The Balaban J connectivity index is 2.96. The lowest BCUT2D eigenvalue weighted by Gasteiger charge is -2.07. The third kappa shape index (κ3) is 1.87. The fourth-order valence-corrected chi connectivity index (χ4v) is 1.75. The molecule has 5 heteroatoms. The number of ketones is 2. The third-order valence-corrected chi connectivity index (χ3v) is 2.45. The first kappa shape index (κ1) is 11.2. The molecule has 0 aliphatic heterocycles. The van der Waals surface area contributed by atoms with Crippen molar-refractivity contribution in [1.82, 2.24) is 9.97 Å². The van der Waals surface area contributed by atoms with Gasteiger partial charge in [0.15, 0.2) is 11.6 Å². The van der Waals surface area contributed by atoms with Crippen molar-refractivity contribution in [2.75, 3.05) is 5.73 Å². The van der Waals surface area contributed by atoms with Crippen LogP contribution >= 0.6 is 0 Å². The van der Waals surface area contributed by atoms with Gasteiger partial charge in [-0.1, -0.05) is 12.1 Å². The number of anilines is 1. The van der Waals surface area contributed by atoms with Crippen LogP contribution in [0.4, 0.5) is 5.95 Å². The van der Waals surface area contributed by atoms with Crippen LogP contribution in [-0.4, -0.2) is 21.5 Å². The van der Waals surface area contributed by atoms with Gasteiger partial charge in [-0.25, -0.2) is 9.97 Å². The van der Waals surface area contributed by atoms with Crippen molar-refractivity contribution in [3.8, 4) is 0 Å². The lowest BCUT2D eigenvalue weighted by molar-refractivity contribution is 0.101. The second-order valence-electron chi connectivity index (χ2n) is 3.74. The lowest BCUT2D eigenvalue weighted by atomic mass is 10.0. The Kier molecular flexibility index (Phi) is 2.59. The number of benzene rings is 1. The van der Waals surface area contributed by atoms with E-state index in [0.29, 0.717) is 16.5 Å². The number of Topliss-reactive ketones (excluding diaryl/α,β-unsaturated/α-hetero) is 2.